The van der Waals surface area contributed by atoms with Gasteiger partial charge in [-0.05, 0) is 32.4 Å². The number of piperazine rings is 1. The molecule has 0 spiro atoms. The molecule has 0 aromatic carbocycles. The summed E-state index contributed by atoms with van der Waals surface area (Å²) in [7, 11) is 2.18. The van der Waals surface area contributed by atoms with E-state index in [-0.39, 0.29) is 12.1 Å². The van der Waals surface area contributed by atoms with Crippen LogP contribution in [0.5, 0.6) is 0 Å². The molecule has 2 N–H and O–H groups in total. The standard InChI is InChI=1S/C13H27N3O/c1-3-14-13(11-17,12-4-5-12)10-16-8-6-15(2)7-9-16/h12,14,17H,3-11H2,1-2H3. The first-order valence-electron chi connectivity index (χ1n) is 6.97. The van der Waals surface area contributed by atoms with E-state index in [0.717, 1.165) is 39.3 Å². The molecule has 0 radical (unpaired) electrons. The average molecular weight is 241 g/mol. The van der Waals surface area contributed by atoms with Crippen LogP contribution in [-0.4, -0.2) is 73.4 Å². The van der Waals surface area contributed by atoms with Crippen LogP contribution >= 0.6 is 0 Å². The number of nitrogens with zero attached hydrogens (tertiary/aromatic N) is 2. The Kier molecular flexibility index (Phi) is 4.42. The van der Waals surface area contributed by atoms with E-state index in [1.807, 2.05) is 0 Å². The van der Waals surface area contributed by atoms with Crippen molar-refractivity contribution in [2.75, 3.05) is 52.9 Å². The molecule has 2 fully saturated rings. The molecule has 1 saturated carbocycles. The molecule has 4 nitrogen and oxygen atoms in total. The molecule has 100 valence electrons. The van der Waals surface area contributed by atoms with Crippen molar-refractivity contribution < 1.29 is 5.11 Å². The lowest BCUT2D eigenvalue weighted by atomic mass is 9.93. The van der Waals surface area contributed by atoms with Crippen molar-refractivity contribution >= 4 is 0 Å². The van der Waals surface area contributed by atoms with Gasteiger partial charge in [0.15, 0.2) is 0 Å². The van der Waals surface area contributed by atoms with Crippen molar-refractivity contribution in [2.24, 2.45) is 5.92 Å². The number of aliphatic hydroxyl groups excluding tert-OH is 1. The Morgan fingerprint density at radius 3 is 2.35 bits per heavy atom. The van der Waals surface area contributed by atoms with Gasteiger partial charge < -0.3 is 15.3 Å². The van der Waals surface area contributed by atoms with E-state index >= 15 is 0 Å². The largest absolute Gasteiger partial charge is 0.394 e. The molecule has 2 aliphatic rings. The summed E-state index contributed by atoms with van der Waals surface area (Å²) in [6.45, 7) is 8.94. The van der Waals surface area contributed by atoms with E-state index in [2.05, 4.69) is 29.1 Å². The number of hydrogen-bond acceptors (Lipinski definition) is 4. The molecular weight excluding hydrogens is 214 g/mol. The summed E-state index contributed by atoms with van der Waals surface area (Å²) in [5.74, 6) is 0.687. The van der Waals surface area contributed by atoms with Crippen molar-refractivity contribution in [1.82, 2.24) is 15.1 Å². The molecule has 1 aliphatic heterocycles. The zero-order valence-electron chi connectivity index (χ0n) is 11.3. The van der Waals surface area contributed by atoms with E-state index in [4.69, 9.17) is 0 Å². The minimum Gasteiger partial charge on any atom is -0.394 e. The summed E-state index contributed by atoms with van der Waals surface area (Å²) in [5.41, 5.74) is -0.0370. The number of nitrogens with one attached hydrogen (secondary N) is 1. The molecule has 1 heterocycles. The highest BCUT2D eigenvalue weighted by Gasteiger charge is 2.45. The smallest absolute Gasteiger partial charge is 0.0628 e. The van der Waals surface area contributed by atoms with Crippen LogP contribution in [0, 0.1) is 5.92 Å². The summed E-state index contributed by atoms with van der Waals surface area (Å²) >= 11 is 0. The highest BCUT2D eigenvalue weighted by Crippen LogP contribution is 2.40. The fourth-order valence-corrected chi connectivity index (χ4v) is 2.96. The lowest BCUT2D eigenvalue weighted by Gasteiger charge is -2.41. The zero-order valence-corrected chi connectivity index (χ0v) is 11.3. The first-order chi connectivity index (χ1) is 8.20. The molecule has 2 rings (SSSR count). The Morgan fingerprint density at radius 1 is 1.24 bits per heavy atom. The van der Waals surface area contributed by atoms with Gasteiger partial charge in [0.2, 0.25) is 0 Å². The maximum Gasteiger partial charge on any atom is 0.0628 e. The van der Waals surface area contributed by atoms with Crippen LogP contribution in [0.1, 0.15) is 19.8 Å². The molecule has 0 aromatic rings. The fraction of sp³-hybridized carbons (Fsp3) is 1.00. The zero-order chi connectivity index (χ0) is 12.3. The number of rotatable bonds is 6. The Bertz CT molecular complexity index is 237. The summed E-state index contributed by atoms with van der Waals surface area (Å²) < 4.78 is 0. The molecule has 1 saturated heterocycles. The predicted octanol–water partition coefficient (Wildman–Crippen LogP) is -0.0156. The molecule has 0 bridgehead atoms. The minimum atomic E-state index is -0.0370. The molecule has 1 aliphatic carbocycles. The van der Waals surface area contributed by atoms with Gasteiger partial charge in [0.05, 0.1) is 12.1 Å². The topological polar surface area (TPSA) is 38.7 Å². The van der Waals surface area contributed by atoms with Gasteiger partial charge >= 0.3 is 0 Å². The van der Waals surface area contributed by atoms with Gasteiger partial charge in [-0.2, -0.15) is 0 Å². The van der Waals surface area contributed by atoms with Gasteiger partial charge in [-0.3, -0.25) is 4.90 Å². The SMILES string of the molecule is CCNC(CO)(CN1CCN(C)CC1)C1CC1. The Morgan fingerprint density at radius 2 is 1.88 bits per heavy atom. The van der Waals surface area contributed by atoms with Gasteiger partial charge in [0.25, 0.3) is 0 Å². The van der Waals surface area contributed by atoms with E-state index in [1.54, 1.807) is 0 Å². The molecule has 0 aromatic heterocycles. The summed E-state index contributed by atoms with van der Waals surface area (Å²) in [6, 6.07) is 0. The van der Waals surface area contributed by atoms with Crippen LogP contribution < -0.4 is 5.32 Å². The lowest BCUT2D eigenvalue weighted by molar-refractivity contribution is 0.0671. The van der Waals surface area contributed by atoms with Gasteiger partial charge in [0, 0.05) is 32.7 Å². The highest BCUT2D eigenvalue weighted by molar-refractivity contribution is 5.03. The van der Waals surface area contributed by atoms with Crippen LogP contribution in [0.3, 0.4) is 0 Å². The highest BCUT2D eigenvalue weighted by atomic mass is 16.3. The first-order valence-corrected chi connectivity index (χ1v) is 6.97. The van der Waals surface area contributed by atoms with Crippen LogP contribution in [0.25, 0.3) is 0 Å². The number of aliphatic hydroxyl groups is 1. The van der Waals surface area contributed by atoms with E-state index < -0.39 is 0 Å². The molecule has 1 unspecified atom stereocenters. The van der Waals surface area contributed by atoms with Gasteiger partial charge in [-0.25, -0.2) is 0 Å². The van der Waals surface area contributed by atoms with E-state index in [9.17, 15) is 5.11 Å². The maximum atomic E-state index is 9.80. The van der Waals surface area contributed by atoms with Crippen LogP contribution in [0.15, 0.2) is 0 Å². The van der Waals surface area contributed by atoms with Gasteiger partial charge in [-0.15, -0.1) is 0 Å². The van der Waals surface area contributed by atoms with E-state index in [1.165, 1.54) is 12.8 Å². The van der Waals surface area contributed by atoms with Crippen LogP contribution in [0.2, 0.25) is 0 Å². The van der Waals surface area contributed by atoms with Crippen molar-refractivity contribution in [2.45, 2.75) is 25.3 Å². The fourth-order valence-electron chi connectivity index (χ4n) is 2.96. The van der Waals surface area contributed by atoms with Crippen LogP contribution in [0.4, 0.5) is 0 Å². The van der Waals surface area contributed by atoms with Crippen LogP contribution in [-0.2, 0) is 0 Å². The molecule has 1 atom stereocenters. The van der Waals surface area contributed by atoms with Crippen molar-refractivity contribution in [3.05, 3.63) is 0 Å². The van der Waals surface area contributed by atoms with Gasteiger partial charge in [0.1, 0.15) is 0 Å². The Labute approximate surface area is 105 Å². The maximum absolute atomic E-state index is 9.80. The number of hydrogen-bond donors (Lipinski definition) is 2. The average Bonchev–Trinajstić information content (AvgIpc) is 3.16. The Balaban J connectivity index is 1.92. The summed E-state index contributed by atoms with van der Waals surface area (Å²) in [6.07, 6.45) is 2.56. The summed E-state index contributed by atoms with van der Waals surface area (Å²) in [4.78, 5) is 4.89. The van der Waals surface area contributed by atoms with E-state index in [0.29, 0.717) is 5.92 Å². The monoisotopic (exact) mass is 241 g/mol. The van der Waals surface area contributed by atoms with Crippen molar-refractivity contribution in [1.29, 1.82) is 0 Å². The number of likely N-dealkylation sites (N-methyl/N-ethyl adjacent to an activating group) is 2. The first kappa shape index (κ1) is 13.3. The van der Waals surface area contributed by atoms with Crippen molar-refractivity contribution in [3.63, 3.8) is 0 Å². The third-order valence-corrected chi connectivity index (χ3v) is 4.27. The second-order valence-corrected chi connectivity index (χ2v) is 5.70. The molecule has 17 heavy (non-hydrogen) atoms. The molecule has 4 heteroatoms. The third-order valence-electron chi connectivity index (χ3n) is 4.27. The normalized spacial score (nSPS) is 27.0. The second-order valence-electron chi connectivity index (χ2n) is 5.70. The quantitative estimate of drug-likeness (QED) is 0.686. The predicted molar refractivity (Wildman–Crippen MR) is 70.2 cm³/mol. The molecular formula is C13H27N3O. The molecule has 0 amide bonds. The summed E-state index contributed by atoms with van der Waals surface area (Å²) in [5, 5.41) is 13.4. The Hall–Kier alpha value is -0.160. The van der Waals surface area contributed by atoms with Gasteiger partial charge in [-0.1, -0.05) is 6.92 Å². The second kappa shape index (κ2) is 5.65. The van der Waals surface area contributed by atoms with Crippen molar-refractivity contribution in [3.8, 4) is 0 Å². The third kappa shape index (κ3) is 3.19. The minimum absolute atomic E-state index is 0.0370. The lowest BCUT2D eigenvalue weighted by Crippen LogP contribution is -2.60.